The van der Waals surface area contributed by atoms with Crippen LogP contribution in [-0.2, 0) is 12.6 Å². The van der Waals surface area contributed by atoms with Crippen molar-refractivity contribution in [3.8, 4) is 5.69 Å². The van der Waals surface area contributed by atoms with Gasteiger partial charge >= 0.3 is 6.18 Å². The summed E-state index contributed by atoms with van der Waals surface area (Å²) < 4.78 is 40.1. The van der Waals surface area contributed by atoms with Crippen molar-refractivity contribution >= 4 is 11.6 Å². The van der Waals surface area contributed by atoms with Gasteiger partial charge in [-0.15, -0.1) is 0 Å². The number of anilines is 1. The van der Waals surface area contributed by atoms with Gasteiger partial charge in [0, 0.05) is 0 Å². The lowest BCUT2D eigenvalue weighted by molar-refractivity contribution is -0.137. The Labute approximate surface area is 160 Å². The maximum absolute atomic E-state index is 12.8. The molecule has 1 amide bonds. The van der Waals surface area contributed by atoms with Crippen LogP contribution in [0.2, 0.25) is 0 Å². The molecule has 28 heavy (non-hydrogen) atoms. The number of nitrogens with one attached hydrogen (secondary N) is 2. The van der Waals surface area contributed by atoms with Gasteiger partial charge in [0.05, 0.1) is 34.4 Å². The molecule has 0 bridgehead atoms. The Morgan fingerprint density at radius 2 is 1.86 bits per heavy atom. The summed E-state index contributed by atoms with van der Waals surface area (Å²) in [5.74, 6) is -0.479. The monoisotopic (exact) mass is 388 g/mol. The molecule has 3 rings (SSSR count). The van der Waals surface area contributed by atoms with Gasteiger partial charge in [-0.25, -0.2) is 4.68 Å². The summed E-state index contributed by atoms with van der Waals surface area (Å²) in [6.45, 7) is 3.88. The molecule has 0 aliphatic heterocycles. The number of aromatic nitrogens is 2. The minimum absolute atomic E-state index is 0.132. The number of aryl methyl sites for hydroxylation is 1. The summed E-state index contributed by atoms with van der Waals surface area (Å²) >= 11 is 0. The van der Waals surface area contributed by atoms with Crippen molar-refractivity contribution in [2.24, 2.45) is 0 Å². The average Bonchev–Trinajstić information content (AvgIpc) is 3.10. The Hall–Kier alpha value is -3.29. The molecule has 0 aliphatic rings. The number of hydrogen-bond donors (Lipinski definition) is 2. The lowest BCUT2D eigenvalue weighted by Gasteiger charge is -2.12. The van der Waals surface area contributed by atoms with Gasteiger partial charge in [0.25, 0.3) is 5.91 Å². The van der Waals surface area contributed by atoms with Gasteiger partial charge in [-0.2, -0.15) is 18.3 Å². The molecule has 0 radical (unpaired) electrons. The van der Waals surface area contributed by atoms with Crippen molar-refractivity contribution in [1.29, 1.82) is 0 Å². The molecule has 0 aliphatic carbocycles. The third-order valence-corrected chi connectivity index (χ3v) is 4.24. The smallest absolute Gasteiger partial charge is 0.298 e. The number of carbonyl (C=O) groups excluding carboxylic acids is 1. The summed E-state index contributed by atoms with van der Waals surface area (Å²) in [6, 6.07) is 12.3. The van der Waals surface area contributed by atoms with E-state index in [2.05, 4.69) is 16.0 Å². The first kappa shape index (κ1) is 19.5. The van der Waals surface area contributed by atoms with E-state index in [0.29, 0.717) is 17.7 Å². The molecule has 8 heteroatoms. The number of alkyl halides is 3. The van der Waals surface area contributed by atoms with Crippen molar-refractivity contribution < 1.29 is 18.0 Å². The summed E-state index contributed by atoms with van der Waals surface area (Å²) in [5.41, 5.74) is 7.28. The maximum Gasteiger partial charge on any atom is 0.416 e. The minimum Gasteiger partial charge on any atom is -0.298 e. The van der Waals surface area contributed by atoms with E-state index in [1.807, 2.05) is 38.1 Å². The second-order valence-corrected chi connectivity index (χ2v) is 6.26. The zero-order valence-corrected chi connectivity index (χ0v) is 15.3. The number of benzene rings is 2. The highest BCUT2D eigenvalue weighted by atomic mass is 19.4. The van der Waals surface area contributed by atoms with E-state index in [0.717, 1.165) is 23.4 Å². The van der Waals surface area contributed by atoms with Gasteiger partial charge in [0.15, 0.2) is 0 Å². The molecule has 1 aromatic heterocycles. The van der Waals surface area contributed by atoms with Crippen LogP contribution in [0.3, 0.4) is 0 Å². The molecule has 0 unspecified atom stereocenters. The highest BCUT2D eigenvalue weighted by molar-refractivity contribution is 5.96. The molecular weight excluding hydrogens is 369 g/mol. The predicted octanol–water partition coefficient (Wildman–Crippen LogP) is 4.52. The molecule has 0 saturated carbocycles. The summed E-state index contributed by atoms with van der Waals surface area (Å²) in [4.78, 5) is 12.5. The average molecular weight is 388 g/mol. The van der Waals surface area contributed by atoms with Crippen molar-refractivity contribution in [2.75, 3.05) is 5.43 Å². The Kier molecular flexibility index (Phi) is 5.39. The van der Waals surface area contributed by atoms with E-state index in [4.69, 9.17) is 0 Å². The Morgan fingerprint density at radius 3 is 2.50 bits per heavy atom. The van der Waals surface area contributed by atoms with Crippen LogP contribution < -0.4 is 10.9 Å². The van der Waals surface area contributed by atoms with Crippen LogP contribution in [0.5, 0.6) is 0 Å². The molecular formula is C20H19F3N4O. The molecule has 0 saturated heterocycles. The highest BCUT2D eigenvalue weighted by Gasteiger charge is 2.30. The first-order valence-corrected chi connectivity index (χ1v) is 8.67. The van der Waals surface area contributed by atoms with E-state index in [1.165, 1.54) is 18.3 Å². The standard InChI is InChI=1S/C20H19F3N4O/c1-3-18-17(12-24-27(18)16-9-7-13(2)8-10-16)19(28)26-25-15-6-4-5-14(11-15)20(21,22)23/h4-12,25H,3H2,1-2H3,(H,26,28). The van der Waals surface area contributed by atoms with E-state index in [-0.39, 0.29) is 5.69 Å². The third-order valence-electron chi connectivity index (χ3n) is 4.24. The number of hydrazine groups is 1. The lowest BCUT2D eigenvalue weighted by atomic mass is 10.2. The Bertz CT molecular complexity index is 978. The van der Waals surface area contributed by atoms with Gasteiger partial charge in [-0.3, -0.25) is 15.6 Å². The minimum atomic E-state index is -4.45. The molecule has 2 N–H and O–H groups in total. The molecule has 1 heterocycles. The molecule has 146 valence electrons. The van der Waals surface area contributed by atoms with Gasteiger partial charge in [0.1, 0.15) is 0 Å². The first-order valence-electron chi connectivity index (χ1n) is 8.67. The quantitative estimate of drug-likeness (QED) is 0.632. The normalized spacial score (nSPS) is 11.3. The number of amides is 1. The zero-order valence-electron chi connectivity index (χ0n) is 15.3. The number of hydrogen-bond acceptors (Lipinski definition) is 3. The van der Waals surface area contributed by atoms with E-state index < -0.39 is 17.6 Å². The van der Waals surface area contributed by atoms with Crippen LogP contribution in [-0.4, -0.2) is 15.7 Å². The molecule has 2 aromatic carbocycles. The van der Waals surface area contributed by atoms with E-state index in [1.54, 1.807) is 4.68 Å². The van der Waals surface area contributed by atoms with Gasteiger partial charge in [0.2, 0.25) is 0 Å². The number of halogens is 3. The highest BCUT2D eigenvalue weighted by Crippen LogP contribution is 2.30. The van der Waals surface area contributed by atoms with Gasteiger partial charge in [-0.1, -0.05) is 30.7 Å². The SMILES string of the molecule is CCc1c(C(=O)NNc2cccc(C(F)(F)F)c2)cnn1-c1ccc(C)cc1. The Morgan fingerprint density at radius 1 is 1.14 bits per heavy atom. The second-order valence-electron chi connectivity index (χ2n) is 6.26. The summed E-state index contributed by atoms with van der Waals surface area (Å²) in [7, 11) is 0. The van der Waals surface area contributed by atoms with Crippen LogP contribution in [0.4, 0.5) is 18.9 Å². The third kappa shape index (κ3) is 4.16. The molecule has 0 atom stereocenters. The zero-order chi connectivity index (χ0) is 20.3. The maximum atomic E-state index is 12.8. The van der Waals surface area contributed by atoms with Crippen molar-refractivity contribution in [3.63, 3.8) is 0 Å². The summed E-state index contributed by atoms with van der Waals surface area (Å²) in [5, 5.41) is 4.29. The fourth-order valence-electron chi connectivity index (χ4n) is 2.78. The number of rotatable bonds is 5. The fourth-order valence-corrected chi connectivity index (χ4v) is 2.78. The van der Waals surface area contributed by atoms with Crippen LogP contribution >= 0.6 is 0 Å². The molecule has 0 spiro atoms. The molecule has 3 aromatic rings. The van der Waals surface area contributed by atoms with E-state index in [9.17, 15) is 18.0 Å². The van der Waals surface area contributed by atoms with Crippen LogP contribution in [0.15, 0.2) is 54.7 Å². The topological polar surface area (TPSA) is 59.0 Å². The largest absolute Gasteiger partial charge is 0.416 e. The van der Waals surface area contributed by atoms with Gasteiger partial charge < -0.3 is 0 Å². The molecule has 0 fully saturated rings. The predicted molar refractivity (Wildman–Crippen MR) is 100 cm³/mol. The Balaban J connectivity index is 1.77. The summed E-state index contributed by atoms with van der Waals surface area (Å²) in [6.07, 6.45) is -2.45. The van der Waals surface area contributed by atoms with Crippen LogP contribution in [0.1, 0.15) is 34.1 Å². The molecule has 5 nitrogen and oxygen atoms in total. The van der Waals surface area contributed by atoms with Crippen molar-refractivity contribution in [1.82, 2.24) is 15.2 Å². The number of carbonyl (C=O) groups is 1. The van der Waals surface area contributed by atoms with Crippen molar-refractivity contribution in [2.45, 2.75) is 26.4 Å². The lowest BCUT2D eigenvalue weighted by Crippen LogP contribution is -2.30. The number of nitrogens with zero attached hydrogens (tertiary/aromatic N) is 2. The fraction of sp³-hybridized carbons (Fsp3) is 0.200. The van der Waals surface area contributed by atoms with Crippen LogP contribution in [0, 0.1) is 6.92 Å². The van der Waals surface area contributed by atoms with Gasteiger partial charge in [-0.05, 0) is 43.7 Å². The second kappa shape index (κ2) is 7.75. The van der Waals surface area contributed by atoms with E-state index >= 15 is 0 Å². The van der Waals surface area contributed by atoms with Crippen molar-refractivity contribution in [3.05, 3.63) is 77.1 Å². The van der Waals surface area contributed by atoms with Crippen LogP contribution in [0.25, 0.3) is 5.69 Å². The first-order chi connectivity index (χ1) is 13.3.